The van der Waals surface area contributed by atoms with Crippen LogP contribution in [-0.2, 0) is 16.6 Å². The summed E-state index contributed by atoms with van der Waals surface area (Å²) in [5, 5.41) is 0. The lowest BCUT2D eigenvalue weighted by Crippen LogP contribution is -2.30. The largest absolute Gasteiger partial charge is 0.366 e. The molecular formula is C21H20N2O3S. The average Bonchev–Trinajstić information content (AvgIpc) is 2.67. The molecule has 0 saturated heterocycles. The standard InChI is InChI=1S/C21H20N2O3S/c1-16-7-5-12-20(13-16)27(25,26)23(19-10-3-2-4-11-19)15-17-8-6-9-18(14-17)21(22)24/h2-14H,15H2,1H3,(H2,22,24). The molecule has 0 radical (unpaired) electrons. The van der Waals surface area contributed by atoms with E-state index in [-0.39, 0.29) is 11.4 Å². The molecule has 0 spiro atoms. The highest BCUT2D eigenvalue weighted by atomic mass is 32.2. The van der Waals surface area contributed by atoms with E-state index in [2.05, 4.69) is 0 Å². The number of hydrogen-bond donors (Lipinski definition) is 1. The predicted octanol–water partition coefficient (Wildman–Crippen LogP) is 3.49. The first kappa shape index (κ1) is 18.7. The number of anilines is 1. The van der Waals surface area contributed by atoms with Gasteiger partial charge in [0.1, 0.15) is 0 Å². The second kappa shape index (κ2) is 7.63. The molecule has 3 aromatic carbocycles. The van der Waals surface area contributed by atoms with Gasteiger partial charge in [-0.05, 0) is 54.4 Å². The van der Waals surface area contributed by atoms with Crippen LogP contribution in [0.3, 0.4) is 0 Å². The Morgan fingerprint density at radius 2 is 1.63 bits per heavy atom. The Morgan fingerprint density at radius 1 is 0.926 bits per heavy atom. The SMILES string of the molecule is Cc1cccc(S(=O)(=O)N(Cc2cccc(C(N)=O)c2)c2ccccc2)c1. The summed E-state index contributed by atoms with van der Waals surface area (Å²) in [6.07, 6.45) is 0. The van der Waals surface area contributed by atoms with Gasteiger partial charge in [-0.15, -0.1) is 0 Å². The van der Waals surface area contributed by atoms with Crippen LogP contribution < -0.4 is 10.0 Å². The number of para-hydroxylation sites is 1. The van der Waals surface area contributed by atoms with Crippen molar-refractivity contribution in [3.63, 3.8) is 0 Å². The van der Waals surface area contributed by atoms with Gasteiger partial charge in [-0.3, -0.25) is 9.10 Å². The van der Waals surface area contributed by atoms with Gasteiger partial charge in [-0.2, -0.15) is 0 Å². The van der Waals surface area contributed by atoms with Gasteiger partial charge in [0, 0.05) is 5.56 Å². The lowest BCUT2D eigenvalue weighted by molar-refractivity contribution is 0.1000. The Morgan fingerprint density at radius 3 is 2.30 bits per heavy atom. The third-order valence-corrected chi connectivity index (χ3v) is 5.93. The van der Waals surface area contributed by atoms with Crippen LogP contribution in [0.2, 0.25) is 0 Å². The first-order chi connectivity index (χ1) is 12.9. The summed E-state index contributed by atoms with van der Waals surface area (Å²) in [6, 6.07) is 22.4. The molecular weight excluding hydrogens is 360 g/mol. The number of carbonyl (C=O) groups excluding carboxylic acids is 1. The van der Waals surface area contributed by atoms with E-state index in [4.69, 9.17) is 5.73 Å². The molecule has 0 unspecified atom stereocenters. The van der Waals surface area contributed by atoms with Gasteiger partial charge < -0.3 is 5.73 Å². The van der Waals surface area contributed by atoms with Crippen molar-refractivity contribution in [1.82, 2.24) is 0 Å². The number of nitrogens with two attached hydrogens (primary N) is 1. The maximum Gasteiger partial charge on any atom is 0.264 e. The molecule has 138 valence electrons. The Balaban J connectivity index is 2.07. The van der Waals surface area contributed by atoms with E-state index in [0.717, 1.165) is 5.56 Å². The second-order valence-electron chi connectivity index (χ2n) is 6.23. The topological polar surface area (TPSA) is 80.5 Å². The molecule has 5 nitrogen and oxygen atoms in total. The summed E-state index contributed by atoms with van der Waals surface area (Å²) in [5.41, 5.74) is 7.77. The lowest BCUT2D eigenvalue weighted by Gasteiger charge is -2.25. The molecule has 1 amide bonds. The number of hydrogen-bond acceptors (Lipinski definition) is 3. The predicted molar refractivity (Wildman–Crippen MR) is 106 cm³/mol. The van der Waals surface area contributed by atoms with Crippen molar-refractivity contribution in [3.05, 3.63) is 95.6 Å². The molecule has 0 atom stereocenters. The van der Waals surface area contributed by atoms with Crippen LogP contribution in [0, 0.1) is 6.92 Å². The first-order valence-corrected chi connectivity index (χ1v) is 9.85. The van der Waals surface area contributed by atoms with Crippen molar-refractivity contribution in [2.75, 3.05) is 4.31 Å². The number of aryl methyl sites for hydroxylation is 1. The van der Waals surface area contributed by atoms with Gasteiger partial charge in [0.2, 0.25) is 5.91 Å². The smallest absolute Gasteiger partial charge is 0.264 e. The summed E-state index contributed by atoms with van der Waals surface area (Å²) in [7, 11) is -3.79. The molecule has 0 bridgehead atoms. The minimum Gasteiger partial charge on any atom is -0.366 e. The van der Waals surface area contributed by atoms with E-state index in [1.807, 2.05) is 19.1 Å². The van der Waals surface area contributed by atoms with Gasteiger partial charge in [-0.25, -0.2) is 8.42 Å². The Labute approximate surface area is 159 Å². The summed E-state index contributed by atoms with van der Waals surface area (Å²) >= 11 is 0. The van der Waals surface area contributed by atoms with E-state index < -0.39 is 15.9 Å². The minimum atomic E-state index is -3.79. The molecule has 3 aromatic rings. The summed E-state index contributed by atoms with van der Waals surface area (Å²) in [6.45, 7) is 1.93. The summed E-state index contributed by atoms with van der Waals surface area (Å²) in [5.74, 6) is -0.551. The van der Waals surface area contributed by atoms with Crippen LogP contribution in [0.15, 0.2) is 83.8 Å². The highest BCUT2D eigenvalue weighted by Crippen LogP contribution is 2.26. The van der Waals surface area contributed by atoms with Crippen molar-refractivity contribution in [2.45, 2.75) is 18.4 Å². The van der Waals surface area contributed by atoms with Crippen LogP contribution in [0.25, 0.3) is 0 Å². The van der Waals surface area contributed by atoms with Crippen molar-refractivity contribution in [2.24, 2.45) is 5.73 Å². The maximum atomic E-state index is 13.3. The number of benzene rings is 3. The quantitative estimate of drug-likeness (QED) is 0.711. The maximum absolute atomic E-state index is 13.3. The lowest BCUT2D eigenvalue weighted by atomic mass is 10.1. The highest BCUT2D eigenvalue weighted by molar-refractivity contribution is 7.92. The normalized spacial score (nSPS) is 11.1. The molecule has 6 heteroatoms. The third-order valence-electron chi connectivity index (χ3n) is 4.16. The van der Waals surface area contributed by atoms with Gasteiger partial charge >= 0.3 is 0 Å². The Hall–Kier alpha value is -3.12. The first-order valence-electron chi connectivity index (χ1n) is 8.41. The monoisotopic (exact) mass is 380 g/mol. The van der Waals surface area contributed by atoms with Crippen LogP contribution in [0.5, 0.6) is 0 Å². The molecule has 0 aliphatic heterocycles. The van der Waals surface area contributed by atoms with Crippen molar-refractivity contribution < 1.29 is 13.2 Å². The van der Waals surface area contributed by atoms with Crippen molar-refractivity contribution in [1.29, 1.82) is 0 Å². The fourth-order valence-corrected chi connectivity index (χ4v) is 4.36. The number of primary amides is 1. The molecule has 27 heavy (non-hydrogen) atoms. The van der Waals surface area contributed by atoms with Gasteiger partial charge in [0.15, 0.2) is 0 Å². The molecule has 0 saturated carbocycles. The molecule has 0 heterocycles. The highest BCUT2D eigenvalue weighted by Gasteiger charge is 2.25. The zero-order chi connectivity index (χ0) is 19.4. The average molecular weight is 380 g/mol. The molecule has 0 aliphatic rings. The van der Waals surface area contributed by atoms with Crippen LogP contribution >= 0.6 is 0 Å². The van der Waals surface area contributed by atoms with Crippen LogP contribution in [0.1, 0.15) is 21.5 Å². The van der Waals surface area contributed by atoms with Gasteiger partial charge in [0.25, 0.3) is 10.0 Å². The van der Waals surface area contributed by atoms with Crippen LogP contribution in [-0.4, -0.2) is 14.3 Å². The minimum absolute atomic E-state index is 0.0847. The third kappa shape index (κ3) is 4.17. The Kier molecular flexibility index (Phi) is 5.28. The zero-order valence-electron chi connectivity index (χ0n) is 14.9. The number of carbonyl (C=O) groups is 1. The van der Waals surface area contributed by atoms with Crippen molar-refractivity contribution in [3.8, 4) is 0 Å². The van der Waals surface area contributed by atoms with Crippen LogP contribution in [0.4, 0.5) is 5.69 Å². The summed E-state index contributed by atoms with van der Waals surface area (Å²) < 4.78 is 28.0. The van der Waals surface area contributed by atoms with Gasteiger partial charge in [0.05, 0.1) is 17.1 Å². The fourth-order valence-electron chi connectivity index (χ4n) is 2.80. The van der Waals surface area contributed by atoms with E-state index in [1.54, 1.807) is 66.7 Å². The number of amides is 1. The number of nitrogens with zero attached hydrogens (tertiary/aromatic N) is 1. The zero-order valence-corrected chi connectivity index (χ0v) is 15.7. The number of rotatable bonds is 6. The molecule has 2 N–H and O–H groups in total. The Bertz CT molecular complexity index is 1060. The van der Waals surface area contributed by atoms with E-state index >= 15 is 0 Å². The molecule has 0 aliphatic carbocycles. The molecule has 0 aromatic heterocycles. The van der Waals surface area contributed by atoms with E-state index in [0.29, 0.717) is 16.8 Å². The molecule has 0 fully saturated rings. The van der Waals surface area contributed by atoms with E-state index in [1.165, 1.54) is 4.31 Å². The number of sulfonamides is 1. The summed E-state index contributed by atoms with van der Waals surface area (Å²) in [4.78, 5) is 11.7. The van der Waals surface area contributed by atoms with Crippen molar-refractivity contribution >= 4 is 21.6 Å². The fraction of sp³-hybridized carbons (Fsp3) is 0.0952. The molecule has 3 rings (SSSR count). The van der Waals surface area contributed by atoms with Gasteiger partial charge in [-0.1, -0.05) is 42.5 Å². The second-order valence-corrected chi connectivity index (χ2v) is 8.09. The van der Waals surface area contributed by atoms with E-state index in [9.17, 15) is 13.2 Å².